The molecule has 0 aromatic rings. The van der Waals surface area contributed by atoms with Gasteiger partial charge in [0.15, 0.2) is 11.6 Å². The Morgan fingerprint density at radius 2 is 2.06 bits per heavy atom. The highest BCUT2D eigenvalue weighted by Gasteiger charge is 2.52. The maximum Gasteiger partial charge on any atom is 0.169 e. The van der Waals surface area contributed by atoms with Crippen LogP contribution in [0.1, 0.15) is 39.5 Å². The summed E-state index contributed by atoms with van der Waals surface area (Å²) in [6.07, 6.45) is 5.28. The first-order valence-corrected chi connectivity index (χ1v) is 6.56. The quantitative estimate of drug-likeness (QED) is 0.648. The van der Waals surface area contributed by atoms with Gasteiger partial charge >= 0.3 is 0 Å². The molecule has 0 radical (unpaired) electrons. The molecule has 0 N–H and O–H groups in total. The van der Waals surface area contributed by atoms with Gasteiger partial charge in [-0.15, -0.1) is 0 Å². The molecule has 2 fully saturated rings. The van der Waals surface area contributed by atoms with Gasteiger partial charge < -0.3 is 9.47 Å². The van der Waals surface area contributed by atoms with E-state index in [1.54, 1.807) is 0 Å². The molecule has 3 heteroatoms. The Bertz CT molecular complexity index is 379. The summed E-state index contributed by atoms with van der Waals surface area (Å²) >= 11 is 0. The van der Waals surface area contributed by atoms with E-state index in [9.17, 15) is 4.79 Å². The molecular weight excluding hydrogens is 216 g/mol. The van der Waals surface area contributed by atoms with Crippen LogP contribution in [0.5, 0.6) is 0 Å². The molecule has 2 aliphatic carbocycles. The van der Waals surface area contributed by atoms with E-state index in [-0.39, 0.29) is 17.0 Å². The smallest absolute Gasteiger partial charge is 0.169 e. The van der Waals surface area contributed by atoms with E-state index < -0.39 is 0 Å². The average molecular weight is 236 g/mol. The Morgan fingerprint density at radius 3 is 2.76 bits per heavy atom. The zero-order chi connectivity index (χ0) is 12.1. The van der Waals surface area contributed by atoms with E-state index in [4.69, 9.17) is 9.47 Å². The molecule has 1 aliphatic heterocycles. The monoisotopic (exact) mass is 236 g/mol. The van der Waals surface area contributed by atoms with Gasteiger partial charge in [0.25, 0.3) is 0 Å². The third-order valence-corrected chi connectivity index (χ3v) is 4.89. The number of ketones is 1. The SMILES string of the molecule is C[C@@H]1CC(=O)C=C2CCC3(C[C@]21C)OCCO3. The molecule has 3 nitrogen and oxygen atoms in total. The minimum atomic E-state index is -0.360. The van der Waals surface area contributed by atoms with Crippen molar-refractivity contribution in [3.63, 3.8) is 0 Å². The van der Waals surface area contributed by atoms with E-state index in [0.29, 0.717) is 25.6 Å². The molecule has 3 aliphatic rings. The molecule has 1 saturated carbocycles. The predicted octanol–water partition coefficient (Wildman–Crippen LogP) is 2.46. The lowest BCUT2D eigenvalue weighted by Crippen LogP contribution is -2.47. The zero-order valence-corrected chi connectivity index (χ0v) is 10.6. The van der Waals surface area contributed by atoms with E-state index >= 15 is 0 Å². The zero-order valence-electron chi connectivity index (χ0n) is 10.6. The number of hydrogen-bond donors (Lipinski definition) is 0. The lowest BCUT2D eigenvalue weighted by Gasteiger charge is -2.49. The van der Waals surface area contributed by atoms with Crippen LogP contribution in [0.4, 0.5) is 0 Å². The number of carbonyl (C=O) groups excluding carboxylic acids is 1. The molecule has 2 atom stereocenters. The van der Waals surface area contributed by atoms with Crippen LogP contribution in [-0.2, 0) is 14.3 Å². The van der Waals surface area contributed by atoms with Crippen molar-refractivity contribution in [3.8, 4) is 0 Å². The molecule has 0 aromatic carbocycles. The van der Waals surface area contributed by atoms with Crippen LogP contribution in [0.25, 0.3) is 0 Å². The van der Waals surface area contributed by atoms with Gasteiger partial charge in [0, 0.05) is 19.3 Å². The topological polar surface area (TPSA) is 35.5 Å². The minimum absolute atomic E-state index is 0.0799. The van der Waals surface area contributed by atoms with Crippen LogP contribution in [0.3, 0.4) is 0 Å². The Balaban J connectivity index is 1.93. The summed E-state index contributed by atoms with van der Waals surface area (Å²) in [6.45, 7) is 5.87. The van der Waals surface area contributed by atoms with E-state index in [2.05, 4.69) is 13.8 Å². The van der Waals surface area contributed by atoms with Crippen molar-refractivity contribution in [2.75, 3.05) is 13.2 Å². The average Bonchev–Trinajstić information content (AvgIpc) is 2.69. The van der Waals surface area contributed by atoms with Gasteiger partial charge in [-0.25, -0.2) is 0 Å². The fourth-order valence-corrected chi connectivity index (χ4v) is 3.62. The van der Waals surface area contributed by atoms with Gasteiger partial charge in [-0.2, -0.15) is 0 Å². The summed E-state index contributed by atoms with van der Waals surface area (Å²) in [6, 6.07) is 0. The predicted molar refractivity (Wildman–Crippen MR) is 63.5 cm³/mol. The summed E-state index contributed by atoms with van der Waals surface area (Å²) in [7, 11) is 0. The molecule has 0 bridgehead atoms. The summed E-state index contributed by atoms with van der Waals surface area (Å²) in [5, 5.41) is 0. The fourth-order valence-electron chi connectivity index (χ4n) is 3.62. The third kappa shape index (κ3) is 1.67. The maximum absolute atomic E-state index is 11.6. The van der Waals surface area contributed by atoms with Gasteiger partial charge in [-0.1, -0.05) is 19.4 Å². The first kappa shape index (κ1) is 11.4. The normalized spacial score (nSPS) is 40.2. The van der Waals surface area contributed by atoms with Gasteiger partial charge in [0.1, 0.15) is 0 Å². The van der Waals surface area contributed by atoms with Crippen molar-refractivity contribution in [2.24, 2.45) is 11.3 Å². The Morgan fingerprint density at radius 1 is 1.35 bits per heavy atom. The lowest BCUT2D eigenvalue weighted by atomic mass is 9.59. The molecule has 1 saturated heterocycles. The van der Waals surface area contributed by atoms with Crippen LogP contribution in [0.2, 0.25) is 0 Å². The van der Waals surface area contributed by atoms with E-state index in [0.717, 1.165) is 19.3 Å². The second-order valence-electron chi connectivity index (χ2n) is 5.94. The van der Waals surface area contributed by atoms with Gasteiger partial charge in [-0.3, -0.25) is 4.79 Å². The van der Waals surface area contributed by atoms with E-state index in [1.165, 1.54) is 5.57 Å². The number of rotatable bonds is 0. The van der Waals surface area contributed by atoms with Gasteiger partial charge in [0.2, 0.25) is 0 Å². The summed E-state index contributed by atoms with van der Waals surface area (Å²) in [5.74, 6) is 0.315. The van der Waals surface area contributed by atoms with Crippen molar-refractivity contribution < 1.29 is 14.3 Å². The van der Waals surface area contributed by atoms with Gasteiger partial charge in [-0.05, 0) is 23.8 Å². The Labute approximate surface area is 102 Å². The molecule has 1 heterocycles. The molecule has 1 spiro atoms. The highest BCUT2D eigenvalue weighted by atomic mass is 16.7. The first-order chi connectivity index (χ1) is 8.04. The Kier molecular flexibility index (Phi) is 2.46. The molecule has 0 aromatic heterocycles. The standard InChI is InChI=1S/C14H20O3/c1-10-7-12(15)8-11-3-4-14(9-13(10,11)2)16-5-6-17-14/h8,10H,3-7,9H2,1-2H3/t10-,13+/m1/s1. The van der Waals surface area contributed by atoms with Crippen LogP contribution in [0.15, 0.2) is 11.6 Å². The van der Waals surface area contributed by atoms with Crippen LogP contribution in [0, 0.1) is 11.3 Å². The molecule has 17 heavy (non-hydrogen) atoms. The van der Waals surface area contributed by atoms with Crippen molar-refractivity contribution >= 4 is 5.78 Å². The molecule has 94 valence electrons. The summed E-state index contributed by atoms with van der Waals surface area (Å²) in [4.78, 5) is 11.6. The molecule has 3 rings (SSSR count). The maximum atomic E-state index is 11.6. The summed E-state index contributed by atoms with van der Waals surface area (Å²) in [5.41, 5.74) is 1.39. The second-order valence-corrected chi connectivity index (χ2v) is 5.94. The first-order valence-electron chi connectivity index (χ1n) is 6.56. The van der Waals surface area contributed by atoms with Crippen LogP contribution >= 0.6 is 0 Å². The summed E-state index contributed by atoms with van der Waals surface area (Å²) < 4.78 is 11.7. The van der Waals surface area contributed by atoms with Crippen molar-refractivity contribution in [2.45, 2.75) is 45.3 Å². The molecular formula is C14H20O3. The van der Waals surface area contributed by atoms with Crippen LogP contribution < -0.4 is 0 Å². The lowest BCUT2D eigenvalue weighted by molar-refractivity contribution is -0.196. The molecule has 0 unspecified atom stereocenters. The number of ether oxygens (including phenoxy) is 2. The second kappa shape index (κ2) is 3.66. The number of carbonyl (C=O) groups is 1. The van der Waals surface area contributed by atoms with Crippen molar-refractivity contribution in [1.29, 1.82) is 0 Å². The Hall–Kier alpha value is -0.670. The molecule has 0 amide bonds. The van der Waals surface area contributed by atoms with E-state index in [1.807, 2.05) is 6.08 Å². The van der Waals surface area contributed by atoms with Crippen molar-refractivity contribution in [3.05, 3.63) is 11.6 Å². The number of allylic oxidation sites excluding steroid dienone is 2. The van der Waals surface area contributed by atoms with Gasteiger partial charge in [0.05, 0.1) is 13.2 Å². The largest absolute Gasteiger partial charge is 0.347 e. The fraction of sp³-hybridized carbons (Fsp3) is 0.786. The van der Waals surface area contributed by atoms with Crippen LogP contribution in [-0.4, -0.2) is 24.8 Å². The number of fused-ring (bicyclic) bond motifs is 1. The minimum Gasteiger partial charge on any atom is -0.347 e. The highest BCUT2D eigenvalue weighted by Crippen LogP contribution is 2.54. The third-order valence-electron chi connectivity index (χ3n) is 4.89. The number of hydrogen-bond acceptors (Lipinski definition) is 3. The van der Waals surface area contributed by atoms with Crippen molar-refractivity contribution in [1.82, 2.24) is 0 Å². The highest BCUT2D eigenvalue weighted by molar-refractivity contribution is 5.92.